The second-order valence-corrected chi connectivity index (χ2v) is 6.97. The van der Waals surface area contributed by atoms with Gasteiger partial charge in [-0.25, -0.2) is 0 Å². The lowest BCUT2D eigenvalue weighted by molar-refractivity contribution is -0.127. The topological polar surface area (TPSA) is 61.4 Å². The first-order valence-electron chi connectivity index (χ1n) is 7.43. The lowest BCUT2D eigenvalue weighted by Crippen LogP contribution is -2.47. The number of hydrogen-bond donors (Lipinski definition) is 3. The van der Waals surface area contributed by atoms with E-state index in [9.17, 15) is 9.90 Å². The van der Waals surface area contributed by atoms with Crippen molar-refractivity contribution in [1.82, 2.24) is 10.6 Å². The van der Waals surface area contributed by atoms with Crippen molar-refractivity contribution in [3.8, 4) is 0 Å². The average molecular weight is 270 g/mol. The van der Waals surface area contributed by atoms with E-state index in [1.807, 2.05) is 27.7 Å². The van der Waals surface area contributed by atoms with Crippen LogP contribution in [0.4, 0.5) is 0 Å². The monoisotopic (exact) mass is 270 g/mol. The molecule has 0 aromatic heterocycles. The van der Waals surface area contributed by atoms with E-state index in [-0.39, 0.29) is 23.2 Å². The Kier molecular flexibility index (Phi) is 5.81. The fraction of sp³-hybridized carbons (Fsp3) is 0.933. The third kappa shape index (κ3) is 4.77. The van der Waals surface area contributed by atoms with Gasteiger partial charge in [-0.05, 0) is 32.2 Å². The third-order valence-electron chi connectivity index (χ3n) is 4.14. The van der Waals surface area contributed by atoms with Crippen LogP contribution in [0.2, 0.25) is 0 Å². The molecule has 4 nitrogen and oxygen atoms in total. The summed E-state index contributed by atoms with van der Waals surface area (Å²) in [5.41, 5.74) is -0.289. The van der Waals surface area contributed by atoms with Crippen LogP contribution in [0.25, 0.3) is 0 Å². The van der Waals surface area contributed by atoms with Gasteiger partial charge in [0.25, 0.3) is 0 Å². The van der Waals surface area contributed by atoms with Crippen molar-refractivity contribution in [2.75, 3.05) is 13.1 Å². The molecule has 1 saturated heterocycles. The molecule has 0 bridgehead atoms. The van der Waals surface area contributed by atoms with Gasteiger partial charge in [-0.15, -0.1) is 0 Å². The van der Waals surface area contributed by atoms with Gasteiger partial charge in [-0.1, -0.05) is 27.7 Å². The van der Waals surface area contributed by atoms with Gasteiger partial charge in [-0.3, -0.25) is 4.79 Å². The maximum Gasteiger partial charge on any atom is 0.223 e. The lowest BCUT2D eigenvalue weighted by atomic mass is 9.80. The van der Waals surface area contributed by atoms with Crippen LogP contribution in [0.5, 0.6) is 0 Å². The van der Waals surface area contributed by atoms with Crippen LogP contribution in [0.3, 0.4) is 0 Å². The molecule has 0 aromatic carbocycles. The van der Waals surface area contributed by atoms with Crippen LogP contribution in [-0.2, 0) is 4.79 Å². The quantitative estimate of drug-likeness (QED) is 0.710. The highest BCUT2D eigenvalue weighted by Crippen LogP contribution is 2.25. The van der Waals surface area contributed by atoms with E-state index in [1.54, 1.807) is 0 Å². The molecule has 1 amide bonds. The van der Waals surface area contributed by atoms with Gasteiger partial charge in [0.2, 0.25) is 5.91 Å². The number of rotatable bonds is 5. The number of aliphatic hydroxyl groups is 1. The Morgan fingerprint density at radius 2 is 2.11 bits per heavy atom. The Morgan fingerprint density at radius 3 is 2.63 bits per heavy atom. The molecule has 0 aromatic rings. The Bertz CT molecular complexity index is 303. The molecule has 3 N–H and O–H groups in total. The van der Waals surface area contributed by atoms with E-state index in [1.165, 1.54) is 0 Å². The van der Waals surface area contributed by atoms with Crippen LogP contribution < -0.4 is 10.6 Å². The number of amides is 1. The van der Waals surface area contributed by atoms with Gasteiger partial charge in [0.05, 0.1) is 6.10 Å². The summed E-state index contributed by atoms with van der Waals surface area (Å²) < 4.78 is 0. The number of nitrogens with one attached hydrogen (secondary N) is 2. The van der Waals surface area contributed by atoms with Gasteiger partial charge in [0, 0.05) is 23.9 Å². The Balaban J connectivity index is 2.45. The summed E-state index contributed by atoms with van der Waals surface area (Å²) in [6.45, 7) is 11.6. The zero-order chi connectivity index (χ0) is 14.6. The fourth-order valence-electron chi connectivity index (χ4n) is 2.84. The van der Waals surface area contributed by atoms with E-state index in [2.05, 4.69) is 17.6 Å². The van der Waals surface area contributed by atoms with Gasteiger partial charge in [-0.2, -0.15) is 0 Å². The number of carbonyl (C=O) groups excluding carboxylic acids is 1. The Hall–Kier alpha value is -0.610. The maximum absolute atomic E-state index is 12.2. The molecule has 112 valence electrons. The molecule has 3 atom stereocenters. The van der Waals surface area contributed by atoms with Crippen LogP contribution >= 0.6 is 0 Å². The van der Waals surface area contributed by atoms with Crippen LogP contribution in [-0.4, -0.2) is 36.2 Å². The molecule has 0 saturated carbocycles. The van der Waals surface area contributed by atoms with Gasteiger partial charge < -0.3 is 15.7 Å². The first kappa shape index (κ1) is 16.4. The highest BCUT2D eigenvalue weighted by molar-refractivity contribution is 5.78. The lowest BCUT2D eigenvalue weighted by Gasteiger charge is -2.34. The average Bonchev–Trinajstić information content (AvgIpc) is 2.35. The molecule has 1 unspecified atom stereocenters. The summed E-state index contributed by atoms with van der Waals surface area (Å²) in [4.78, 5) is 12.2. The number of carbonyl (C=O) groups is 1. The van der Waals surface area contributed by atoms with Crippen molar-refractivity contribution in [1.29, 1.82) is 0 Å². The van der Waals surface area contributed by atoms with Crippen molar-refractivity contribution in [2.45, 2.75) is 59.6 Å². The molecule has 4 heteroatoms. The summed E-state index contributed by atoms with van der Waals surface area (Å²) in [6, 6.07) is 0.416. The fourth-order valence-corrected chi connectivity index (χ4v) is 2.84. The summed E-state index contributed by atoms with van der Waals surface area (Å²) >= 11 is 0. The number of hydrogen-bond acceptors (Lipinski definition) is 3. The maximum atomic E-state index is 12.2. The summed E-state index contributed by atoms with van der Waals surface area (Å²) in [7, 11) is 0. The molecule has 1 rings (SSSR count). The third-order valence-corrected chi connectivity index (χ3v) is 4.14. The Morgan fingerprint density at radius 1 is 1.47 bits per heavy atom. The largest absolute Gasteiger partial charge is 0.392 e. The molecule has 0 radical (unpaired) electrons. The smallest absolute Gasteiger partial charge is 0.223 e. The minimum absolute atomic E-state index is 0.114. The molecule has 19 heavy (non-hydrogen) atoms. The summed E-state index contributed by atoms with van der Waals surface area (Å²) in [5, 5.41) is 16.5. The molecule has 1 aliphatic heterocycles. The summed E-state index contributed by atoms with van der Waals surface area (Å²) in [5.74, 6) is 0.450. The minimum Gasteiger partial charge on any atom is -0.392 e. The van der Waals surface area contributed by atoms with E-state index >= 15 is 0 Å². The minimum atomic E-state index is -0.403. The van der Waals surface area contributed by atoms with Crippen LogP contribution in [0, 0.1) is 17.3 Å². The van der Waals surface area contributed by atoms with Crippen molar-refractivity contribution >= 4 is 5.91 Å². The number of piperidine rings is 1. The molecular weight excluding hydrogens is 240 g/mol. The van der Waals surface area contributed by atoms with E-state index < -0.39 is 6.10 Å². The molecule has 1 fully saturated rings. The van der Waals surface area contributed by atoms with E-state index in [0.29, 0.717) is 12.6 Å². The SMILES string of the molecule is CC(C)C(O)C(C)(C)CNC(=O)[C@H]1CCN[C@@H](C)C1. The second-order valence-electron chi connectivity index (χ2n) is 6.97. The predicted octanol–water partition coefficient (Wildman–Crippen LogP) is 1.53. The van der Waals surface area contributed by atoms with Gasteiger partial charge in [0.1, 0.15) is 0 Å². The van der Waals surface area contributed by atoms with Crippen LogP contribution in [0.1, 0.15) is 47.5 Å². The predicted molar refractivity (Wildman–Crippen MR) is 77.8 cm³/mol. The highest BCUT2D eigenvalue weighted by Gasteiger charge is 2.32. The zero-order valence-electron chi connectivity index (χ0n) is 13.0. The molecule has 1 aliphatic rings. The number of aliphatic hydroxyl groups excluding tert-OH is 1. The Labute approximate surface area is 117 Å². The highest BCUT2D eigenvalue weighted by atomic mass is 16.3. The molecule has 0 spiro atoms. The first-order valence-corrected chi connectivity index (χ1v) is 7.43. The molecule has 1 heterocycles. The standard InChI is InChI=1S/C15H30N2O2/c1-10(2)13(18)15(4,5)9-17-14(19)12-6-7-16-11(3)8-12/h10-13,16,18H,6-9H2,1-5H3,(H,17,19)/t11-,12-,13?/m0/s1. The zero-order valence-corrected chi connectivity index (χ0v) is 13.0. The van der Waals surface area contributed by atoms with Gasteiger partial charge in [0.15, 0.2) is 0 Å². The van der Waals surface area contributed by atoms with Crippen molar-refractivity contribution < 1.29 is 9.90 Å². The normalized spacial score (nSPS) is 26.3. The van der Waals surface area contributed by atoms with Crippen molar-refractivity contribution in [3.05, 3.63) is 0 Å². The van der Waals surface area contributed by atoms with Crippen LogP contribution in [0.15, 0.2) is 0 Å². The van der Waals surface area contributed by atoms with Crippen molar-refractivity contribution in [2.24, 2.45) is 17.3 Å². The van der Waals surface area contributed by atoms with E-state index in [0.717, 1.165) is 19.4 Å². The summed E-state index contributed by atoms with van der Waals surface area (Å²) in [6.07, 6.45) is 1.40. The van der Waals surface area contributed by atoms with E-state index in [4.69, 9.17) is 0 Å². The van der Waals surface area contributed by atoms with Gasteiger partial charge >= 0.3 is 0 Å². The molecule has 0 aliphatic carbocycles. The van der Waals surface area contributed by atoms with Crippen molar-refractivity contribution in [3.63, 3.8) is 0 Å². The first-order chi connectivity index (χ1) is 8.74. The molecular formula is C15H30N2O2. The second kappa shape index (κ2) is 6.71.